The van der Waals surface area contributed by atoms with Crippen molar-refractivity contribution >= 4 is 28.7 Å². The van der Waals surface area contributed by atoms with Gasteiger partial charge in [-0.05, 0) is 101 Å². The predicted molar refractivity (Wildman–Crippen MR) is 186 cm³/mol. The van der Waals surface area contributed by atoms with E-state index < -0.39 is 30.2 Å². The molecule has 0 amide bonds. The summed E-state index contributed by atoms with van der Waals surface area (Å²) in [6.07, 6.45) is 2.61. The second-order valence-corrected chi connectivity index (χ2v) is 12.7. The number of carboxylic acids is 1. The van der Waals surface area contributed by atoms with Crippen molar-refractivity contribution in [2.45, 2.75) is 103 Å². The van der Waals surface area contributed by atoms with Crippen LogP contribution in [0.1, 0.15) is 121 Å². The highest BCUT2D eigenvalue weighted by atomic mass is 19.4. The van der Waals surface area contributed by atoms with Gasteiger partial charge in [0.05, 0.1) is 17.1 Å². The van der Waals surface area contributed by atoms with Crippen LogP contribution >= 0.6 is 0 Å². The molecule has 50 heavy (non-hydrogen) atoms. The van der Waals surface area contributed by atoms with E-state index >= 15 is 0 Å². The molecule has 0 aliphatic rings. The van der Waals surface area contributed by atoms with Gasteiger partial charge in [-0.3, -0.25) is 0 Å². The van der Waals surface area contributed by atoms with Crippen LogP contribution in [0.4, 0.5) is 13.2 Å². The van der Waals surface area contributed by atoms with E-state index in [1.54, 1.807) is 60.7 Å². The lowest BCUT2D eigenvalue weighted by Gasteiger charge is -2.21. The van der Waals surface area contributed by atoms with Crippen LogP contribution in [0.15, 0.2) is 78.9 Å². The summed E-state index contributed by atoms with van der Waals surface area (Å²) in [5, 5.41) is 12.5. The molecule has 4 aromatic carbocycles. The maximum absolute atomic E-state index is 13.7. The Hall–Kier alpha value is -4.66. The molecule has 0 fully saturated rings. The second kappa shape index (κ2) is 18.4. The molecule has 0 aliphatic heterocycles. The van der Waals surface area contributed by atoms with E-state index in [9.17, 15) is 32.7 Å². The number of esters is 2. The molecule has 0 heterocycles. The number of halogens is 3. The fourth-order valence-electron chi connectivity index (χ4n) is 5.92. The monoisotopic (exact) mass is 689 g/mol. The van der Waals surface area contributed by atoms with Crippen molar-refractivity contribution in [2.24, 2.45) is 0 Å². The Morgan fingerprint density at radius 3 is 1.86 bits per heavy atom. The van der Waals surface area contributed by atoms with Crippen LogP contribution in [0.2, 0.25) is 0 Å². The van der Waals surface area contributed by atoms with Crippen LogP contribution in [-0.4, -0.2) is 30.2 Å². The molecule has 4 aromatic rings. The third-order valence-corrected chi connectivity index (χ3v) is 8.76. The Bertz CT molecular complexity index is 1750. The average molecular weight is 690 g/mol. The van der Waals surface area contributed by atoms with Crippen LogP contribution in [-0.2, 0) is 11.2 Å². The largest absolute Gasteiger partial charge is 0.545 e. The number of ether oxygens (including phenoxy) is 2. The summed E-state index contributed by atoms with van der Waals surface area (Å²) in [6.45, 7) is 4.13. The lowest BCUT2D eigenvalue weighted by Crippen LogP contribution is -2.33. The van der Waals surface area contributed by atoms with Gasteiger partial charge >= 0.3 is 18.1 Å². The molecule has 0 aliphatic carbocycles. The molecule has 0 saturated carbocycles. The summed E-state index contributed by atoms with van der Waals surface area (Å²) in [5.41, 5.74) is 2.86. The van der Waals surface area contributed by atoms with Gasteiger partial charge in [0.1, 0.15) is 5.75 Å². The molecular weight excluding hydrogens is 645 g/mol. The Morgan fingerprint density at radius 1 is 0.660 bits per heavy atom. The summed E-state index contributed by atoms with van der Waals surface area (Å²) < 4.78 is 51.9. The Labute approximate surface area is 291 Å². The van der Waals surface area contributed by atoms with Crippen molar-refractivity contribution in [3.63, 3.8) is 0 Å². The van der Waals surface area contributed by atoms with Crippen molar-refractivity contribution in [1.82, 2.24) is 0 Å². The van der Waals surface area contributed by atoms with Crippen molar-refractivity contribution in [1.29, 1.82) is 0 Å². The number of aryl methyl sites for hydroxylation is 1. The molecule has 0 radical (unpaired) electrons. The molecule has 0 N–H and O–H groups in total. The normalized spacial score (nSPS) is 12.1. The van der Waals surface area contributed by atoms with Crippen molar-refractivity contribution < 1.29 is 42.1 Å². The lowest BCUT2D eigenvalue weighted by molar-refractivity contribution is -0.255. The third kappa shape index (κ3) is 10.9. The highest BCUT2D eigenvalue weighted by molar-refractivity contribution is 5.98. The maximum Gasteiger partial charge on any atom is 0.425 e. The first-order chi connectivity index (χ1) is 24.0. The molecule has 0 aromatic heterocycles. The van der Waals surface area contributed by atoms with E-state index in [-0.39, 0.29) is 17.5 Å². The van der Waals surface area contributed by atoms with Gasteiger partial charge in [0, 0.05) is 0 Å². The summed E-state index contributed by atoms with van der Waals surface area (Å²) in [7, 11) is 0. The second-order valence-electron chi connectivity index (χ2n) is 12.7. The van der Waals surface area contributed by atoms with Gasteiger partial charge in [-0.2, -0.15) is 13.2 Å². The van der Waals surface area contributed by atoms with E-state index in [1.165, 1.54) is 18.2 Å². The molecule has 4 rings (SSSR count). The standard InChI is InChI=1S/C41H45F3O6/c1-3-5-7-9-10-11-13-31-27-34(40(48)50-37(41(42,43)44)14-12-8-6-4-2)21-24-36(31)28-19-22-35(23-20-28)49-39(47)33-18-16-29-25-32(38(45)46)17-15-30(29)26-33/h15-27,37H,3-14H2,1-2H3,(H,45,46)/p-1. The number of carboxylic acid groups (broad SMARTS) is 1. The van der Waals surface area contributed by atoms with Crippen LogP contribution in [0.25, 0.3) is 21.9 Å². The minimum Gasteiger partial charge on any atom is -0.545 e. The number of hydrogen-bond donors (Lipinski definition) is 0. The molecule has 1 unspecified atom stereocenters. The first kappa shape index (κ1) is 38.1. The highest BCUT2D eigenvalue weighted by Gasteiger charge is 2.42. The number of fused-ring (bicyclic) bond motifs is 1. The van der Waals surface area contributed by atoms with Gasteiger partial charge in [0.25, 0.3) is 0 Å². The first-order valence-electron chi connectivity index (χ1n) is 17.5. The molecule has 0 bridgehead atoms. The summed E-state index contributed by atoms with van der Waals surface area (Å²) >= 11 is 0. The minimum absolute atomic E-state index is 0.0425. The number of carbonyl (C=O) groups is 3. The zero-order chi connectivity index (χ0) is 36.1. The minimum atomic E-state index is -4.65. The van der Waals surface area contributed by atoms with Crippen LogP contribution < -0.4 is 9.84 Å². The summed E-state index contributed by atoms with van der Waals surface area (Å²) in [6, 6.07) is 21.1. The molecule has 0 spiro atoms. The molecule has 1 atom stereocenters. The molecule has 266 valence electrons. The van der Waals surface area contributed by atoms with Gasteiger partial charge in [0.2, 0.25) is 0 Å². The van der Waals surface area contributed by atoms with E-state index in [4.69, 9.17) is 9.47 Å². The van der Waals surface area contributed by atoms with E-state index in [1.807, 2.05) is 6.92 Å². The number of alkyl halides is 3. The number of carbonyl (C=O) groups excluding carboxylic acids is 3. The van der Waals surface area contributed by atoms with E-state index in [0.717, 1.165) is 68.1 Å². The molecule has 0 saturated heterocycles. The summed E-state index contributed by atoms with van der Waals surface area (Å²) in [4.78, 5) is 37.1. The van der Waals surface area contributed by atoms with Gasteiger partial charge < -0.3 is 19.4 Å². The highest BCUT2D eigenvalue weighted by Crippen LogP contribution is 2.31. The number of rotatable bonds is 18. The Kier molecular flexibility index (Phi) is 14.0. The van der Waals surface area contributed by atoms with Crippen molar-refractivity contribution in [3.8, 4) is 16.9 Å². The summed E-state index contributed by atoms with van der Waals surface area (Å²) in [5.74, 6) is -2.55. The first-order valence-corrected chi connectivity index (χ1v) is 17.5. The molecular formula is C41H44F3O6-. The fourth-order valence-corrected chi connectivity index (χ4v) is 5.92. The quantitative estimate of drug-likeness (QED) is 0.0587. The molecule has 6 nitrogen and oxygen atoms in total. The zero-order valence-electron chi connectivity index (χ0n) is 28.7. The number of benzene rings is 4. The predicted octanol–water partition coefficient (Wildman–Crippen LogP) is 10.1. The van der Waals surface area contributed by atoms with Gasteiger partial charge in [-0.25, -0.2) is 9.59 Å². The van der Waals surface area contributed by atoms with Crippen molar-refractivity contribution in [2.75, 3.05) is 0 Å². The molecule has 9 heteroatoms. The van der Waals surface area contributed by atoms with Gasteiger partial charge in [0.15, 0.2) is 6.10 Å². The zero-order valence-corrected chi connectivity index (χ0v) is 28.7. The fraction of sp³-hybridized carbons (Fsp3) is 0.390. The number of aromatic carboxylic acids is 1. The number of unbranched alkanes of at least 4 members (excludes halogenated alkanes) is 8. The topological polar surface area (TPSA) is 92.7 Å². The lowest BCUT2D eigenvalue weighted by atomic mass is 9.93. The Morgan fingerprint density at radius 2 is 1.22 bits per heavy atom. The van der Waals surface area contributed by atoms with Gasteiger partial charge in [-0.15, -0.1) is 0 Å². The Balaban J connectivity index is 1.50. The van der Waals surface area contributed by atoms with Crippen LogP contribution in [0.5, 0.6) is 5.75 Å². The third-order valence-electron chi connectivity index (χ3n) is 8.76. The average Bonchev–Trinajstić information content (AvgIpc) is 3.10. The van der Waals surface area contributed by atoms with Gasteiger partial charge in [-0.1, -0.05) is 102 Å². The van der Waals surface area contributed by atoms with Crippen LogP contribution in [0.3, 0.4) is 0 Å². The number of hydrogen-bond acceptors (Lipinski definition) is 6. The SMILES string of the molecule is CCCCCCCCc1cc(C(=O)OC(CCCCCC)C(F)(F)F)ccc1-c1ccc(OC(=O)c2ccc3cc(C(=O)[O-])ccc3c2)cc1. The van der Waals surface area contributed by atoms with E-state index in [2.05, 4.69) is 6.92 Å². The maximum atomic E-state index is 13.7. The van der Waals surface area contributed by atoms with Crippen LogP contribution in [0, 0.1) is 0 Å². The smallest absolute Gasteiger partial charge is 0.425 e. The van der Waals surface area contributed by atoms with E-state index in [0.29, 0.717) is 41.3 Å². The van der Waals surface area contributed by atoms with Crippen molar-refractivity contribution in [3.05, 3.63) is 101 Å².